The maximum absolute atomic E-state index is 13.7. The summed E-state index contributed by atoms with van der Waals surface area (Å²) in [6.45, 7) is 0.768. The zero-order valence-corrected chi connectivity index (χ0v) is 15.4. The lowest BCUT2D eigenvalue weighted by Crippen LogP contribution is -2.42. The Balaban J connectivity index is 0.00000280. The summed E-state index contributed by atoms with van der Waals surface area (Å²) in [6, 6.07) is 0.389. The van der Waals surface area contributed by atoms with Gasteiger partial charge in [0.1, 0.15) is 5.82 Å². The molecule has 1 aliphatic heterocycles. The van der Waals surface area contributed by atoms with Crippen LogP contribution in [0.15, 0.2) is 12.1 Å². The van der Waals surface area contributed by atoms with Crippen molar-refractivity contribution in [3.63, 3.8) is 0 Å². The summed E-state index contributed by atoms with van der Waals surface area (Å²) in [6.07, 6.45) is -0.263. The molecule has 1 aromatic heterocycles. The first-order valence-corrected chi connectivity index (χ1v) is 8.15. The average Bonchev–Trinajstić information content (AvgIpc) is 3.02. The Labute approximate surface area is 164 Å². The molecule has 0 spiro atoms. The summed E-state index contributed by atoms with van der Waals surface area (Å²) in [5, 5.41) is 7.51. The summed E-state index contributed by atoms with van der Waals surface area (Å²) in [4.78, 5) is 25.3. The molecule has 0 aliphatic carbocycles. The predicted octanol–water partition coefficient (Wildman–Crippen LogP) is 0.518. The van der Waals surface area contributed by atoms with Crippen LogP contribution in [-0.4, -0.2) is 44.3 Å². The number of hydrogen-bond acceptors (Lipinski definition) is 5. The lowest BCUT2D eigenvalue weighted by Gasteiger charge is -2.28. The molecule has 1 aromatic carbocycles. The summed E-state index contributed by atoms with van der Waals surface area (Å²) < 4.78 is 41.5. The van der Waals surface area contributed by atoms with Gasteiger partial charge in [-0.3, -0.25) is 9.59 Å². The van der Waals surface area contributed by atoms with Gasteiger partial charge in [0.25, 0.3) is 5.91 Å². The van der Waals surface area contributed by atoms with Crippen molar-refractivity contribution >= 4 is 24.2 Å². The van der Waals surface area contributed by atoms with Gasteiger partial charge in [0.15, 0.2) is 17.3 Å². The van der Waals surface area contributed by atoms with E-state index in [0.29, 0.717) is 24.8 Å². The van der Waals surface area contributed by atoms with Crippen LogP contribution in [0.2, 0.25) is 0 Å². The van der Waals surface area contributed by atoms with Gasteiger partial charge in [-0.1, -0.05) is 5.21 Å². The number of rotatable bonds is 5. The summed E-state index contributed by atoms with van der Waals surface area (Å²) in [7, 11) is 0. The summed E-state index contributed by atoms with van der Waals surface area (Å²) in [5.41, 5.74) is 11.5. The first-order valence-electron chi connectivity index (χ1n) is 8.15. The first-order chi connectivity index (χ1) is 12.8. The smallest absolute Gasteiger partial charge is 0.271 e. The van der Waals surface area contributed by atoms with E-state index in [2.05, 4.69) is 10.3 Å². The van der Waals surface area contributed by atoms with Crippen LogP contribution in [0.5, 0.6) is 0 Å². The fourth-order valence-corrected chi connectivity index (χ4v) is 2.98. The zero-order valence-electron chi connectivity index (χ0n) is 14.6. The highest BCUT2D eigenvalue weighted by molar-refractivity contribution is 5.92. The molecule has 0 bridgehead atoms. The summed E-state index contributed by atoms with van der Waals surface area (Å²) >= 11 is 0. The minimum atomic E-state index is -1.29. The van der Waals surface area contributed by atoms with Crippen molar-refractivity contribution in [3.8, 4) is 0 Å². The maximum atomic E-state index is 13.7. The number of benzene rings is 1. The van der Waals surface area contributed by atoms with Gasteiger partial charge < -0.3 is 16.4 Å². The second kappa shape index (κ2) is 8.57. The molecular formula is C16H18ClF3N6O2. The van der Waals surface area contributed by atoms with Crippen molar-refractivity contribution < 1.29 is 22.8 Å². The van der Waals surface area contributed by atoms with Gasteiger partial charge in [0.05, 0.1) is 18.8 Å². The van der Waals surface area contributed by atoms with Gasteiger partial charge >= 0.3 is 0 Å². The van der Waals surface area contributed by atoms with Gasteiger partial charge in [-0.2, -0.15) is 0 Å². The SMILES string of the molecule is Cl.NC(=O)c1nnn2c1CN(C(=O)C[C@H](N)Cc1cc(F)c(F)cc1F)CC2. The Kier molecular flexibility index (Phi) is 6.62. The second-order valence-corrected chi connectivity index (χ2v) is 6.31. The minimum Gasteiger partial charge on any atom is -0.364 e. The Morgan fingerprint density at radius 3 is 2.50 bits per heavy atom. The molecule has 12 heteroatoms. The number of carbonyl (C=O) groups excluding carboxylic acids is 2. The second-order valence-electron chi connectivity index (χ2n) is 6.31. The van der Waals surface area contributed by atoms with E-state index in [9.17, 15) is 22.8 Å². The van der Waals surface area contributed by atoms with E-state index < -0.39 is 29.4 Å². The van der Waals surface area contributed by atoms with Crippen LogP contribution in [0.1, 0.15) is 28.2 Å². The highest BCUT2D eigenvalue weighted by Crippen LogP contribution is 2.18. The van der Waals surface area contributed by atoms with Crippen molar-refractivity contribution in [1.82, 2.24) is 19.9 Å². The largest absolute Gasteiger partial charge is 0.364 e. The first kappa shape index (κ1) is 21.6. The third kappa shape index (κ3) is 4.42. The fourth-order valence-electron chi connectivity index (χ4n) is 2.98. The van der Waals surface area contributed by atoms with Crippen LogP contribution in [-0.2, 0) is 24.3 Å². The van der Waals surface area contributed by atoms with Crippen molar-refractivity contribution in [1.29, 1.82) is 0 Å². The third-order valence-electron chi connectivity index (χ3n) is 4.35. The molecule has 152 valence electrons. The molecule has 0 unspecified atom stereocenters. The van der Waals surface area contributed by atoms with E-state index in [1.807, 2.05) is 0 Å². The van der Waals surface area contributed by atoms with Crippen LogP contribution in [0.4, 0.5) is 13.2 Å². The molecule has 8 nitrogen and oxygen atoms in total. The van der Waals surface area contributed by atoms with E-state index in [1.54, 1.807) is 0 Å². The zero-order chi connectivity index (χ0) is 19.7. The van der Waals surface area contributed by atoms with Crippen LogP contribution in [0.3, 0.4) is 0 Å². The molecular weight excluding hydrogens is 401 g/mol. The lowest BCUT2D eigenvalue weighted by atomic mass is 10.0. The number of nitrogens with two attached hydrogens (primary N) is 2. The lowest BCUT2D eigenvalue weighted by molar-refractivity contribution is -0.133. The number of carbonyl (C=O) groups is 2. The quantitative estimate of drug-likeness (QED) is 0.686. The van der Waals surface area contributed by atoms with Crippen molar-refractivity contribution in [2.45, 2.75) is 32.0 Å². The monoisotopic (exact) mass is 418 g/mol. The van der Waals surface area contributed by atoms with E-state index in [0.717, 1.165) is 6.07 Å². The van der Waals surface area contributed by atoms with E-state index in [4.69, 9.17) is 11.5 Å². The van der Waals surface area contributed by atoms with E-state index in [-0.39, 0.29) is 49.0 Å². The Bertz CT molecular complexity index is 907. The molecule has 2 aromatic rings. The molecule has 0 fully saturated rings. The predicted molar refractivity (Wildman–Crippen MR) is 93.8 cm³/mol. The normalized spacial score (nSPS) is 14.2. The number of hydrogen-bond donors (Lipinski definition) is 2. The third-order valence-corrected chi connectivity index (χ3v) is 4.35. The number of fused-ring (bicyclic) bond motifs is 1. The maximum Gasteiger partial charge on any atom is 0.271 e. The molecule has 4 N–H and O–H groups in total. The number of halogens is 4. The molecule has 0 radical (unpaired) electrons. The number of amides is 2. The Morgan fingerprint density at radius 1 is 1.14 bits per heavy atom. The molecule has 2 heterocycles. The molecule has 0 saturated heterocycles. The Morgan fingerprint density at radius 2 is 1.82 bits per heavy atom. The molecule has 1 aliphatic rings. The minimum absolute atomic E-state index is 0. The molecule has 2 amide bonds. The molecule has 1 atom stereocenters. The van der Waals surface area contributed by atoms with Gasteiger partial charge in [-0.05, 0) is 18.1 Å². The average molecular weight is 419 g/mol. The van der Waals surface area contributed by atoms with Crippen molar-refractivity contribution in [2.75, 3.05) is 6.54 Å². The number of aromatic nitrogens is 3. The number of nitrogens with zero attached hydrogens (tertiary/aromatic N) is 4. The molecule has 0 saturated carbocycles. The van der Waals surface area contributed by atoms with Gasteiger partial charge in [0.2, 0.25) is 5.91 Å². The highest BCUT2D eigenvalue weighted by Gasteiger charge is 2.27. The fraction of sp³-hybridized carbons (Fsp3) is 0.375. The van der Waals surface area contributed by atoms with Gasteiger partial charge in [-0.15, -0.1) is 17.5 Å². The van der Waals surface area contributed by atoms with Crippen LogP contribution in [0, 0.1) is 17.5 Å². The number of primary amides is 1. The van der Waals surface area contributed by atoms with Gasteiger partial charge in [0, 0.05) is 25.1 Å². The van der Waals surface area contributed by atoms with Crippen molar-refractivity contribution in [3.05, 3.63) is 46.5 Å². The van der Waals surface area contributed by atoms with Crippen molar-refractivity contribution in [2.24, 2.45) is 11.5 Å². The topological polar surface area (TPSA) is 120 Å². The highest BCUT2D eigenvalue weighted by atomic mass is 35.5. The van der Waals surface area contributed by atoms with Crippen LogP contribution >= 0.6 is 12.4 Å². The standard InChI is InChI=1S/C16H17F3N6O2.ClH/c17-10-6-12(19)11(18)4-8(10)3-9(20)5-14(26)24-1-2-25-13(7-24)15(16(21)27)22-23-25;/h4,6,9H,1-3,5,7,20H2,(H2,21,27);1H/t9-;/m1./s1. The molecule has 28 heavy (non-hydrogen) atoms. The van der Waals surface area contributed by atoms with E-state index >= 15 is 0 Å². The Hall–Kier alpha value is -2.66. The van der Waals surface area contributed by atoms with Gasteiger partial charge in [-0.25, -0.2) is 17.9 Å². The summed E-state index contributed by atoms with van der Waals surface area (Å²) in [5.74, 6) is -4.45. The van der Waals surface area contributed by atoms with Crippen LogP contribution in [0.25, 0.3) is 0 Å². The van der Waals surface area contributed by atoms with E-state index in [1.165, 1.54) is 9.58 Å². The van der Waals surface area contributed by atoms with Crippen LogP contribution < -0.4 is 11.5 Å². The molecule has 3 rings (SSSR count).